The largest absolute Gasteiger partial charge is 0.340 e. The van der Waals surface area contributed by atoms with Gasteiger partial charge in [0.1, 0.15) is 5.82 Å². The zero-order valence-electron chi connectivity index (χ0n) is 12.1. The van der Waals surface area contributed by atoms with Crippen LogP contribution in [0.15, 0.2) is 52.6 Å². The molecule has 3 N–H and O–H groups in total. The Morgan fingerprint density at radius 2 is 1.87 bits per heavy atom. The first kappa shape index (κ1) is 15.7. The fourth-order valence-electron chi connectivity index (χ4n) is 1.99. The van der Waals surface area contributed by atoms with Crippen molar-refractivity contribution in [2.24, 2.45) is 5.14 Å². The fourth-order valence-corrected chi connectivity index (χ4v) is 2.87. The minimum Gasteiger partial charge on any atom is -0.340 e. The van der Waals surface area contributed by atoms with E-state index < -0.39 is 10.0 Å². The molecule has 0 fully saturated rings. The van der Waals surface area contributed by atoms with Crippen LogP contribution in [0.2, 0.25) is 0 Å². The third kappa shape index (κ3) is 3.41. The highest BCUT2D eigenvalue weighted by molar-refractivity contribution is 7.98. The second kappa shape index (κ2) is 6.11. The highest BCUT2D eigenvalue weighted by atomic mass is 32.2. The minimum absolute atomic E-state index is 0.0575. The molecule has 0 unspecified atom stereocenters. The van der Waals surface area contributed by atoms with E-state index in [-0.39, 0.29) is 4.90 Å². The van der Waals surface area contributed by atoms with E-state index in [1.807, 2.05) is 12.3 Å². The first-order valence-corrected chi connectivity index (χ1v) is 9.31. The van der Waals surface area contributed by atoms with Gasteiger partial charge in [-0.05, 0) is 42.7 Å². The Kier molecular flexibility index (Phi) is 4.16. The van der Waals surface area contributed by atoms with Crippen LogP contribution in [-0.4, -0.2) is 29.6 Å². The summed E-state index contributed by atoms with van der Waals surface area (Å²) in [5.41, 5.74) is 1.28. The average Bonchev–Trinajstić information content (AvgIpc) is 2.54. The number of anilines is 2. The highest BCUT2D eigenvalue weighted by Gasteiger charge is 2.10. The maximum Gasteiger partial charge on any atom is 0.238 e. The Balaban J connectivity index is 2.01. The fraction of sp³-hybridized carbons (Fsp3) is 0.0714. The van der Waals surface area contributed by atoms with E-state index in [1.54, 1.807) is 24.4 Å². The molecule has 0 amide bonds. The van der Waals surface area contributed by atoms with Gasteiger partial charge in [0, 0.05) is 11.9 Å². The Morgan fingerprint density at radius 3 is 2.52 bits per heavy atom. The number of nitrogens with zero attached hydrogens (tertiary/aromatic N) is 3. The average molecular weight is 347 g/mol. The highest BCUT2D eigenvalue weighted by Crippen LogP contribution is 2.25. The second-order valence-corrected chi connectivity index (χ2v) is 6.96. The van der Waals surface area contributed by atoms with Crippen molar-refractivity contribution in [2.45, 2.75) is 10.1 Å². The monoisotopic (exact) mass is 347 g/mol. The van der Waals surface area contributed by atoms with Crippen molar-refractivity contribution in [1.29, 1.82) is 0 Å². The van der Waals surface area contributed by atoms with Crippen LogP contribution < -0.4 is 10.5 Å². The summed E-state index contributed by atoms with van der Waals surface area (Å²) in [6.45, 7) is 0. The van der Waals surface area contributed by atoms with Crippen LogP contribution in [0.4, 0.5) is 11.5 Å². The van der Waals surface area contributed by atoms with E-state index in [4.69, 9.17) is 5.14 Å². The van der Waals surface area contributed by atoms with Gasteiger partial charge in [-0.25, -0.2) is 28.5 Å². The predicted octanol–water partition coefficient (Wildman–Crippen LogP) is 2.14. The quantitative estimate of drug-likeness (QED) is 0.549. The number of nitrogens with one attached hydrogen (secondary N) is 1. The maximum atomic E-state index is 11.3. The van der Waals surface area contributed by atoms with Gasteiger partial charge in [-0.2, -0.15) is 0 Å². The number of pyridine rings is 1. The molecule has 23 heavy (non-hydrogen) atoms. The van der Waals surface area contributed by atoms with E-state index in [0.717, 1.165) is 5.39 Å². The van der Waals surface area contributed by atoms with Gasteiger partial charge in [0.2, 0.25) is 10.0 Å². The van der Waals surface area contributed by atoms with Crippen LogP contribution in [0.3, 0.4) is 0 Å². The van der Waals surface area contributed by atoms with E-state index in [1.165, 1.54) is 23.9 Å². The Morgan fingerprint density at radius 1 is 1.13 bits per heavy atom. The SMILES string of the molecule is CSc1nc(Nc2ccc(S(N)(=O)=O)cc2)c2cccnc2n1. The van der Waals surface area contributed by atoms with E-state index in [2.05, 4.69) is 20.3 Å². The van der Waals surface area contributed by atoms with Crippen molar-refractivity contribution in [1.82, 2.24) is 15.0 Å². The summed E-state index contributed by atoms with van der Waals surface area (Å²) in [6.07, 6.45) is 3.55. The molecule has 0 aliphatic carbocycles. The topological polar surface area (TPSA) is 111 Å². The summed E-state index contributed by atoms with van der Waals surface area (Å²) >= 11 is 1.42. The van der Waals surface area contributed by atoms with Crippen LogP contribution in [0.25, 0.3) is 11.0 Å². The Labute approximate surface area is 137 Å². The molecule has 3 rings (SSSR count). The van der Waals surface area contributed by atoms with Crippen molar-refractivity contribution in [3.05, 3.63) is 42.6 Å². The zero-order chi connectivity index (χ0) is 16.4. The van der Waals surface area contributed by atoms with Crippen LogP contribution in [0.1, 0.15) is 0 Å². The van der Waals surface area contributed by atoms with Crippen molar-refractivity contribution in [3.8, 4) is 0 Å². The van der Waals surface area contributed by atoms with E-state index >= 15 is 0 Å². The van der Waals surface area contributed by atoms with Gasteiger partial charge in [0.25, 0.3) is 0 Å². The summed E-state index contributed by atoms with van der Waals surface area (Å²) in [5, 5.41) is 9.63. The second-order valence-electron chi connectivity index (χ2n) is 4.63. The third-order valence-electron chi connectivity index (χ3n) is 3.08. The lowest BCUT2D eigenvalue weighted by molar-refractivity contribution is 0.598. The molecule has 1 aromatic carbocycles. The first-order valence-electron chi connectivity index (χ1n) is 6.54. The number of nitrogens with two attached hydrogens (primary N) is 1. The van der Waals surface area contributed by atoms with Gasteiger partial charge in [-0.1, -0.05) is 11.8 Å². The number of hydrogen-bond donors (Lipinski definition) is 2. The van der Waals surface area contributed by atoms with Crippen molar-refractivity contribution < 1.29 is 8.42 Å². The third-order valence-corrected chi connectivity index (χ3v) is 4.56. The minimum atomic E-state index is -3.70. The van der Waals surface area contributed by atoms with Crippen LogP contribution in [-0.2, 0) is 10.0 Å². The lowest BCUT2D eigenvalue weighted by atomic mass is 10.3. The van der Waals surface area contributed by atoms with Gasteiger partial charge in [0.15, 0.2) is 10.8 Å². The smallest absolute Gasteiger partial charge is 0.238 e. The summed E-state index contributed by atoms with van der Waals surface area (Å²) < 4.78 is 22.6. The number of sulfonamides is 1. The van der Waals surface area contributed by atoms with Crippen molar-refractivity contribution >= 4 is 44.3 Å². The Bertz CT molecular complexity index is 959. The molecule has 0 aliphatic rings. The lowest BCUT2D eigenvalue weighted by Crippen LogP contribution is -2.11. The molecule has 0 bridgehead atoms. The number of rotatable bonds is 4. The first-order chi connectivity index (χ1) is 11.0. The number of thioether (sulfide) groups is 1. The molecular weight excluding hydrogens is 334 g/mol. The predicted molar refractivity (Wildman–Crippen MR) is 90.2 cm³/mol. The lowest BCUT2D eigenvalue weighted by Gasteiger charge is -2.10. The zero-order valence-corrected chi connectivity index (χ0v) is 13.7. The summed E-state index contributed by atoms with van der Waals surface area (Å²) in [7, 11) is -3.70. The molecule has 9 heteroatoms. The molecule has 0 atom stereocenters. The molecule has 118 valence electrons. The molecule has 7 nitrogen and oxygen atoms in total. The number of fused-ring (bicyclic) bond motifs is 1. The van der Waals surface area contributed by atoms with Gasteiger partial charge in [0.05, 0.1) is 10.3 Å². The van der Waals surface area contributed by atoms with Crippen LogP contribution >= 0.6 is 11.8 Å². The summed E-state index contributed by atoms with van der Waals surface area (Å²) in [4.78, 5) is 13.1. The molecule has 0 spiro atoms. The molecule has 0 aliphatic heterocycles. The van der Waals surface area contributed by atoms with Crippen LogP contribution in [0.5, 0.6) is 0 Å². The molecule has 0 saturated heterocycles. The van der Waals surface area contributed by atoms with Gasteiger partial charge < -0.3 is 5.32 Å². The number of hydrogen-bond acceptors (Lipinski definition) is 7. The molecular formula is C14H13N5O2S2. The normalized spacial score (nSPS) is 11.6. The number of benzene rings is 1. The Hall–Kier alpha value is -2.23. The number of aromatic nitrogens is 3. The van der Waals surface area contributed by atoms with Gasteiger partial charge in [-0.15, -0.1) is 0 Å². The summed E-state index contributed by atoms with van der Waals surface area (Å²) in [5.74, 6) is 0.607. The molecule has 3 aromatic rings. The molecule has 2 heterocycles. The molecule has 2 aromatic heterocycles. The molecule has 0 radical (unpaired) electrons. The van der Waals surface area contributed by atoms with E-state index in [9.17, 15) is 8.42 Å². The van der Waals surface area contributed by atoms with Crippen molar-refractivity contribution in [3.63, 3.8) is 0 Å². The standard InChI is InChI=1S/C14H13N5O2S2/c1-22-14-18-12-11(3-2-8-16-12)13(19-14)17-9-4-6-10(7-5-9)23(15,20)21/h2-8H,1H3,(H2,15,20,21)(H,16,17,18,19). The maximum absolute atomic E-state index is 11.3. The van der Waals surface area contributed by atoms with E-state index in [0.29, 0.717) is 22.3 Å². The van der Waals surface area contributed by atoms with Gasteiger partial charge >= 0.3 is 0 Å². The van der Waals surface area contributed by atoms with Crippen molar-refractivity contribution in [2.75, 3.05) is 11.6 Å². The van der Waals surface area contributed by atoms with Gasteiger partial charge in [-0.3, -0.25) is 0 Å². The molecule has 0 saturated carbocycles. The summed E-state index contributed by atoms with van der Waals surface area (Å²) in [6, 6.07) is 9.81. The number of primary sulfonamides is 1. The van der Waals surface area contributed by atoms with Crippen LogP contribution in [0, 0.1) is 0 Å².